The molecule has 1 aliphatic carbocycles. The van der Waals surface area contributed by atoms with E-state index in [0.29, 0.717) is 23.1 Å². The van der Waals surface area contributed by atoms with E-state index in [9.17, 15) is 20.9 Å². The molecule has 0 spiro atoms. The molecular weight excluding hydrogens is 544 g/mol. The number of anilines is 1. The van der Waals surface area contributed by atoms with Gasteiger partial charge in [0.15, 0.2) is 11.3 Å². The quantitative estimate of drug-likeness (QED) is 0.358. The van der Waals surface area contributed by atoms with Crippen molar-refractivity contribution in [1.29, 1.82) is 15.8 Å². The van der Waals surface area contributed by atoms with Gasteiger partial charge in [0.05, 0.1) is 6.61 Å². The van der Waals surface area contributed by atoms with Crippen molar-refractivity contribution in [2.24, 2.45) is 11.3 Å². The molecule has 0 fully saturated rings. The highest BCUT2D eigenvalue weighted by atomic mass is 35.5. The van der Waals surface area contributed by atoms with Crippen molar-refractivity contribution in [2.45, 2.75) is 53.1 Å². The summed E-state index contributed by atoms with van der Waals surface area (Å²) >= 11 is 7.10. The Morgan fingerprint density at radius 3 is 2.52 bits per heavy atom. The Labute approximate surface area is 253 Å². The van der Waals surface area contributed by atoms with Crippen LogP contribution in [0.5, 0.6) is 0 Å². The molecule has 0 bridgehead atoms. The summed E-state index contributed by atoms with van der Waals surface area (Å²) in [5, 5.41) is 38.8. The molecule has 0 radical (unpaired) electrons. The lowest BCUT2D eigenvalue weighted by Crippen LogP contribution is -2.25. The molecule has 2 aliphatic heterocycles. The lowest BCUT2D eigenvalue weighted by atomic mass is 9.70. The minimum atomic E-state index is -0.880. The van der Waals surface area contributed by atoms with Crippen LogP contribution >= 0.6 is 11.6 Å². The number of fused-ring (bicyclic) bond motifs is 1. The van der Waals surface area contributed by atoms with Gasteiger partial charge in [0.25, 0.3) is 0 Å². The van der Waals surface area contributed by atoms with Crippen molar-refractivity contribution in [2.75, 3.05) is 18.1 Å². The minimum absolute atomic E-state index is 0.0236. The Morgan fingerprint density at radius 1 is 1.17 bits per heavy atom. The molecule has 214 valence electrons. The number of hydrogen-bond donors (Lipinski definition) is 1. The Bertz CT molecular complexity index is 1610. The van der Waals surface area contributed by atoms with E-state index in [2.05, 4.69) is 51.1 Å². The second-order valence-corrected chi connectivity index (χ2v) is 12.5. The van der Waals surface area contributed by atoms with Crippen LogP contribution in [-0.4, -0.2) is 23.9 Å². The molecule has 6 nitrogen and oxygen atoms in total. The molecule has 1 aromatic rings. The van der Waals surface area contributed by atoms with Gasteiger partial charge >= 0.3 is 0 Å². The Kier molecular flexibility index (Phi) is 8.98. The highest BCUT2D eigenvalue weighted by molar-refractivity contribution is 6.32. The second-order valence-electron chi connectivity index (χ2n) is 12.2. The van der Waals surface area contributed by atoms with Gasteiger partial charge in [-0.15, -0.1) is 0 Å². The van der Waals surface area contributed by atoms with Crippen LogP contribution in [0.1, 0.15) is 53.0 Å². The molecule has 0 saturated carbocycles. The lowest BCUT2D eigenvalue weighted by molar-refractivity contribution is 0.0954. The second kappa shape index (κ2) is 12.3. The van der Waals surface area contributed by atoms with E-state index in [1.165, 1.54) is 0 Å². The van der Waals surface area contributed by atoms with Crippen LogP contribution in [0.3, 0.4) is 0 Å². The fraction of sp³-hybridized carbons (Fsp3) is 0.343. The molecule has 4 rings (SSSR count). The third-order valence-corrected chi connectivity index (χ3v) is 8.46. The van der Waals surface area contributed by atoms with Gasteiger partial charge in [0.1, 0.15) is 29.4 Å². The standard InChI is InChI=1S/C35H35ClN4O2/c1-34(2,3)27-18-24(9-8-11-30-29(22-39)33(26(20-37)21-38)42-35(30,4)5)32(36)25(19-27)17-23-13-14-40(15-16-41)31-12-7-6-10-28(23)31/h6-14,17,27,41H,15-16,18-19H2,1-5H3/b11-8+,23-17-,24-9-. The summed E-state index contributed by atoms with van der Waals surface area (Å²) in [6.07, 6.45) is 13.6. The number of halogens is 1. The average molecular weight is 579 g/mol. The van der Waals surface area contributed by atoms with E-state index in [1.807, 2.05) is 53.6 Å². The van der Waals surface area contributed by atoms with Gasteiger partial charge in [-0.25, -0.2) is 0 Å². The van der Waals surface area contributed by atoms with Gasteiger partial charge in [-0.05, 0) is 73.0 Å². The van der Waals surface area contributed by atoms with Gasteiger partial charge in [-0.3, -0.25) is 0 Å². The van der Waals surface area contributed by atoms with Crippen molar-refractivity contribution in [3.8, 4) is 18.2 Å². The fourth-order valence-corrected chi connectivity index (χ4v) is 5.80. The summed E-state index contributed by atoms with van der Waals surface area (Å²) in [6, 6.07) is 13.9. The van der Waals surface area contributed by atoms with Crippen LogP contribution in [0.2, 0.25) is 0 Å². The first-order chi connectivity index (χ1) is 19.9. The number of rotatable bonds is 5. The smallest absolute Gasteiger partial charge is 0.172 e. The van der Waals surface area contributed by atoms with Crippen molar-refractivity contribution < 1.29 is 9.84 Å². The predicted octanol–water partition coefficient (Wildman–Crippen LogP) is 7.76. The van der Waals surface area contributed by atoms with E-state index < -0.39 is 5.60 Å². The number of benzene rings is 1. The van der Waals surface area contributed by atoms with Crippen LogP contribution in [-0.2, 0) is 4.74 Å². The first kappa shape index (κ1) is 30.7. The highest BCUT2D eigenvalue weighted by Gasteiger charge is 2.38. The molecule has 42 heavy (non-hydrogen) atoms. The van der Waals surface area contributed by atoms with Gasteiger partial charge in [-0.2, -0.15) is 15.8 Å². The normalized spacial score (nSPS) is 21.9. The summed E-state index contributed by atoms with van der Waals surface area (Å²) in [5.74, 6) is 0.374. The van der Waals surface area contributed by atoms with Crippen LogP contribution in [0.15, 0.2) is 99.5 Å². The maximum absolute atomic E-state index is 9.85. The van der Waals surface area contributed by atoms with Gasteiger partial charge < -0.3 is 14.7 Å². The molecule has 0 amide bonds. The molecule has 0 aromatic heterocycles. The number of ether oxygens (including phenoxy) is 1. The van der Waals surface area contributed by atoms with Crippen LogP contribution in [0.4, 0.5) is 5.69 Å². The number of aliphatic hydroxyl groups excluding tert-OH is 1. The van der Waals surface area contributed by atoms with Crippen molar-refractivity contribution in [3.63, 3.8) is 0 Å². The topological polar surface area (TPSA) is 104 Å². The van der Waals surface area contributed by atoms with Crippen LogP contribution < -0.4 is 4.90 Å². The average Bonchev–Trinajstić information content (AvgIpc) is 3.21. The summed E-state index contributed by atoms with van der Waals surface area (Å²) in [6.45, 7) is 10.9. The summed E-state index contributed by atoms with van der Waals surface area (Å²) in [5.41, 5.74) is 5.00. The highest BCUT2D eigenvalue weighted by Crippen LogP contribution is 2.46. The molecule has 0 saturated heterocycles. The van der Waals surface area contributed by atoms with Gasteiger partial charge in [0, 0.05) is 34.6 Å². The van der Waals surface area contributed by atoms with E-state index in [-0.39, 0.29) is 28.9 Å². The monoisotopic (exact) mass is 578 g/mol. The maximum atomic E-state index is 9.85. The largest absolute Gasteiger partial charge is 0.480 e. The third-order valence-electron chi connectivity index (χ3n) is 7.98. The van der Waals surface area contributed by atoms with E-state index >= 15 is 0 Å². The summed E-state index contributed by atoms with van der Waals surface area (Å²) in [4.78, 5) is 2.05. The maximum Gasteiger partial charge on any atom is 0.172 e. The number of nitrogens with zero attached hydrogens (tertiary/aromatic N) is 4. The lowest BCUT2D eigenvalue weighted by Gasteiger charge is -2.36. The van der Waals surface area contributed by atoms with Crippen molar-refractivity contribution in [1.82, 2.24) is 0 Å². The third kappa shape index (κ3) is 6.14. The number of para-hydroxylation sites is 1. The molecule has 1 unspecified atom stereocenters. The molecule has 7 heteroatoms. The molecule has 1 N–H and O–H groups in total. The molecule has 3 aliphatic rings. The number of β-amino-alcohol motifs (C(OH)–C–C–N with tert-alkyl or cyclic N) is 1. The van der Waals surface area contributed by atoms with E-state index in [0.717, 1.165) is 40.8 Å². The Balaban J connectivity index is 1.78. The van der Waals surface area contributed by atoms with Crippen molar-refractivity contribution in [3.05, 3.63) is 105 Å². The summed E-state index contributed by atoms with van der Waals surface area (Å²) < 4.78 is 5.89. The van der Waals surface area contributed by atoms with Crippen LogP contribution in [0.25, 0.3) is 5.57 Å². The van der Waals surface area contributed by atoms with Crippen LogP contribution in [0, 0.1) is 45.3 Å². The Hall–Kier alpha value is -4.28. The molecule has 1 aromatic carbocycles. The number of aliphatic hydroxyl groups is 1. The number of hydrogen-bond acceptors (Lipinski definition) is 6. The first-order valence-electron chi connectivity index (χ1n) is 14.0. The molecular formula is C35H35ClN4O2. The predicted molar refractivity (Wildman–Crippen MR) is 166 cm³/mol. The number of nitriles is 3. The number of allylic oxidation sites excluding steroid dienone is 10. The zero-order chi connectivity index (χ0) is 30.7. The minimum Gasteiger partial charge on any atom is -0.480 e. The summed E-state index contributed by atoms with van der Waals surface area (Å²) in [7, 11) is 0. The van der Waals surface area contributed by atoms with Crippen molar-refractivity contribution >= 4 is 22.9 Å². The Morgan fingerprint density at radius 2 is 1.88 bits per heavy atom. The zero-order valence-corrected chi connectivity index (χ0v) is 25.5. The molecule has 2 heterocycles. The fourth-order valence-electron chi connectivity index (χ4n) is 5.53. The van der Waals surface area contributed by atoms with E-state index in [1.54, 1.807) is 13.8 Å². The first-order valence-corrected chi connectivity index (χ1v) is 14.3. The SMILES string of the molecule is CC1(C)OC(=C(C#N)C#N)C(C#N)=C1/C=C/C=C1/CC(C(C)(C)C)CC(/C=C2/C=CN(CCO)c3ccccc32)=C1Cl. The molecule has 1 atom stereocenters. The van der Waals surface area contributed by atoms with Gasteiger partial charge in [-0.1, -0.05) is 68.8 Å². The van der Waals surface area contributed by atoms with E-state index in [4.69, 9.17) is 16.3 Å². The van der Waals surface area contributed by atoms with Gasteiger partial charge in [0.2, 0.25) is 0 Å². The zero-order valence-electron chi connectivity index (χ0n) is 24.7.